The molecule has 6 aliphatic rings. The lowest BCUT2D eigenvalue weighted by atomic mass is 9.44. The third-order valence-electron chi connectivity index (χ3n) is 14.6. The SMILES string of the molecule is C[C@H]1CC[C@]2(NC1)O[C@H]1C[C@H]3[C@@H]4CC[C@H]5CC(NC[C@@H](N)Cc6cccc(C(F)(F)F)c6)CC[C@]5(C)[C@H]4CC[C@]3(C)[C@H]1[C@@H]2C. The maximum atomic E-state index is 13.1. The predicted octanol–water partition coefficient (Wildman–Crippen LogP) is 7.55. The number of alkyl halides is 3. The first kappa shape index (κ1) is 31.4. The molecule has 44 heavy (non-hydrogen) atoms. The summed E-state index contributed by atoms with van der Waals surface area (Å²) in [5.41, 5.74) is 7.22. The fraction of sp³-hybridized carbons (Fsp3) is 0.838. The van der Waals surface area contributed by atoms with Gasteiger partial charge in [0, 0.05) is 31.1 Å². The standard InChI is InChI=1S/C37H56F3N3O/c1-22-10-15-36(43-20-22)23(2)33-32(44-36)19-31-29-9-8-25-18-28(11-13-34(25,3)30(29)12-14-35(31,33)4)42-21-27(41)17-24-6-5-7-26(16-24)37(38,39)40/h5-7,16,22-23,25,27-33,42-43H,8-15,17-21,41H2,1-4H3/t22-,23-,25-,27-,28?,29+,30-,31-,32-,33-,34-,35-,36-/m0/s1. The molecule has 246 valence electrons. The molecule has 4 nitrogen and oxygen atoms in total. The van der Waals surface area contributed by atoms with Crippen molar-refractivity contribution in [3.8, 4) is 0 Å². The topological polar surface area (TPSA) is 59.3 Å². The monoisotopic (exact) mass is 615 g/mol. The lowest BCUT2D eigenvalue weighted by molar-refractivity contribution is -0.137. The minimum Gasteiger partial charge on any atom is -0.357 e. The average Bonchev–Trinajstić information content (AvgIpc) is 3.42. The van der Waals surface area contributed by atoms with E-state index in [0.717, 1.165) is 42.2 Å². The molecule has 6 fully saturated rings. The van der Waals surface area contributed by atoms with E-state index in [2.05, 4.69) is 38.3 Å². The maximum Gasteiger partial charge on any atom is 0.416 e. The van der Waals surface area contributed by atoms with Crippen LogP contribution in [0, 0.1) is 52.3 Å². The van der Waals surface area contributed by atoms with E-state index in [1.165, 1.54) is 76.3 Å². The second-order valence-corrected chi connectivity index (χ2v) is 16.9. The summed E-state index contributed by atoms with van der Waals surface area (Å²) in [7, 11) is 0. The summed E-state index contributed by atoms with van der Waals surface area (Å²) >= 11 is 0. The van der Waals surface area contributed by atoms with Gasteiger partial charge in [0.05, 0.1) is 11.7 Å². The molecule has 2 aliphatic heterocycles. The first-order valence-electron chi connectivity index (χ1n) is 17.9. The van der Waals surface area contributed by atoms with Gasteiger partial charge in [0.1, 0.15) is 5.72 Å². The molecule has 1 aromatic carbocycles. The zero-order chi connectivity index (χ0) is 31.1. The lowest BCUT2D eigenvalue weighted by Gasteiger charge is -2.61. The Morgan fingerprint density at radius 1 is 1.00 bits per heavy atom. The largest absolute Gasteiger partial charge is 0.416 e. The van der Waals surface area contributed by atoms with Crippen molar-refractivity contribution in [2.75, 3.05) is 13.1 Å². The number of hydrogen-bond acceptors (Lipinski definition) is 4. The zero-order valence-electron chi connectivity index (χ0n) is 27.4. The highest BCUT2D eigenvalue weighted by Gasteiger charge is 2.68. The molecule has 2 saturated heterocycles. The van der Waals surface area contributed by atoms with Crippen LogP contribution >= 0.6 is 0 Å². The van der Waals surface area contributed by atoms with Gasteiger partial charge in [-0.15, -0.1) is 0 Å². The summed E-state index contributed by atoms with van der Waals surface area (Å²) in [6, 6.07) is 5.87. The van der Waals surface area contributed by atoms with Crippen LogP contribution < -0.4 is 16.4 Å². The van der Waals surface area contributed by atoms with Crippen LogP contribution in [-0.2, 0) is 17.3 Å². The molecular weight excluding hydrogens is 559 g/mol. The Hall–Kier alpha value is -1.15. The Bertz CT molecular complexity index is 1200. The third kappa shape index (κ3) is 5.19. The van der Waals surface area contributed by atoms with Crippen LogP contribution in [0.3, 0.4) is 0 Å². The summed E-state index contributed by atoms with van der Waals surface area (Å²) in [6.45, 7) is 11.9. The fourth-order valence-electron chi connectivity index (χ4n) is 12.2. The van der Waals surface area contributed by atoms with Crippen molar-refractivity contribution in [3.05, 3.63) is 35.4 Å². The molecule has 2 heterocycles. The van der Waals surface area contributed by atoms with Crippen LogP contribution in [0.15, 0.2) is 24.3 Å². The predicted molar refractivity (Wildman–Crippen MR) is 169 cm³/mol. The van der Waals surface area contributed by atoms with Gasteiger partial charge in [0.2, 0.25) is 0 Å². The first-order chi connectivity index (χ1) is 20.8. The van der Waals surface area contributed by atoms with E-state index in [4.69, 9.17) is 10.5 Å². The van der Waals surface area contributed by atoms with E-state index >= 15 is 0 Å². The van der Waals surface area contributed by atoms with Gasteiger partial charge in [0.15, 0.2) is 0 Å². The number of nitrogens with two attached hydrogens (primary N) is 1. The second-order valence-electron chi connectivity index (χ2n) is 16.9. The molecular formula is C37H56F3N3O. The summed E-state index contributed by atoms with van der Waals surface area (Å²) in [5, 5.41) is 7.64. The Morgan fingerprint density at radius 3 is 2.55 bits per heavy atom. The molecule has 0 radical (unpaired) electrons. The van der Waals surface area contributed by atoms with E-state index in [9.17, 15) is 13.2 Å². The molecule has 7 heteroatoms. The van der Waals surface area contributed by atoms with Crippen molar-refractivity contribution in [3.63, 3.8) is 0 Å². The first-order valence-corrected chi connectivity index (χ1v) is 17.9. The van der Waals surface area contributed by atoms with Crippen molar-refractivity contribution in [2.45, 2.75) is 128 Å². The number of benzene rings is 1. The molecule has 13 atom stereocenters. The van der Waals surface area contributed by atoms with E-state index in [-0.39, 0.29) is 11.8 Å². The fourth-order valence-corrected chi connectivity index (χ4v) is 12.2. The van der Waals surface area contributed by atoms with Gasteiger partial charge in [-0.2, -0.15) is 13.2 Å². The van der Waals surface area contributed by atoms with Crippen molar-refractivity contribution in [1.82, 2.24) is 10.6 Å². The summed E-state index contributed by atoms with van der Waals surface area (Å²) < 4.78 is 46.5. The van der Waals surface area contributed by atoms with Crippen LogP contribution in [-0.4, -0.2) is 37.0 Å². The molecule has 4 saturated carbocycles. The van der Waals surface area contributed by atoms with E-state index in [1.54, 1.807) is 6.07 Å². The normalized spacial score (nSPS) is 47.5. The number of fused-ring (bicyclic) bond motifs is 7. The molecule has 7 rings (SSSR count). The molecule has 0 bridgehead atoms. The summed E-state index contributed by atoms with van der Waals surface area (Å²) in [5.74, 6) is 5.20. The maximum absolute atomic E-state index is 13.1. The van der Waals surface area contributed by atoms with Gasteiger partial charge in [0.25, 0.3) is 0 Å². The molecule has 4 aliphatic carbocycles. The van der Waals surface area contributed by atoms with E-state index < -0.39 is 11.7 Å². The summed E-state index contributed by atoms with van der Waals surface area (Å²) in [6.07, 6.45) is 9.33. The third-order valence-corrected chi connectivity index (χ3v) is 14.6. The van der Waals surface area contributed by atoms with Gasteiger partial charge in [-0.1, -0.05) is 45.9 Å². The van der Waals surface area contributed by atoms with E-state index in [0.29, 0.717) is 53.3 Å². The quantitative estimate of drug-likeness (QED) is 0.320. The van der Waals surface area contributed by atoms with Crippen molar-refractivity contribution in [2.24, 2.45) is 58.0 Å². The highest BCUT2D eigenvalue weighted by molar-refractivity contribution is 5.26. The Morgan fingerprint density at radius 2 is 1.80 bits per heavy atom. The van der Waals surface area contributed by atoms with Gasteiger partial charge in [-0.3, -0.25) is 5.32 Å². The molecule has 0 aromatic heterocycles. The smallest absolute Gasteiger partial charge is 0.357 e. The average molecular weight is 616 g/mol. The highest BCUT2D eigenvalue weighted by atomic mass is 19.4. The van der Waals surface area contributed by atoms with Crippen molar-refractivity contribution in [1.29, 1.82) is 0 Å². The Kier molecular flexibility index (Phi) is 8.03. The number of hydrogen-bond donors (Lipinski definition) is 3. The van der Waals surface area contributed by atoms with E-state index in [1.807, 2.05) is 0 Å². The molecule has 4 N–H and O–H groups in total. The minimum absolute atomic E-state index is 0.0860. The summed E-state index contributed by atoms with van der Waals surface area (Å²) in [4.78, 5) is 0. The van der Waals surface area contributed by atoms with Crippen LogP contribution in [0.25, 0.3) is 0 Å². The number of ether oxygens (including phenoxy) is 1. The zero-order valence-corrected chi connectivity index (χ0v) is 27.4. The lowest BCUT2D eigenvalue weighted by Crippen LogP contribution is -2.58. The number of rotatable bonds is 5. The number of piperidine rings is 1. The van der Waals surface area contributed by atoms with Crippen LogP contribution in [0.1, 0.15) is 103 Å². The van der Waals surface area contributed by atoms with Gasteiger partial charge in [-0.05, 0) is 129 Å². The minimum atomic E-state index is -4.32. The Balaban J connectivity index is 0.959. The molecule has 1 aromatic rings. The van der Waals surface area contributed by atoms with Crippen molar-refractivity contribution < 1.29 is 17.9 Å². The van der Waals surface area contributed by atoms with Gasteiger partial charge >= 0.3 is 6.18 Å². The second kappa shape index (κ2) is 11.2. The molecule has 1 unspecified atom stereocenters. The van der Waals surface area contributed by atoms with Gasteiger partial charge in [-0.25, -0.2) is 0 Å². The Labute approximate surface area is 263 Å². The number of halogens is 3. The van der Waals surface area contributed by atoms with Crippen LogP contribution in [0.5, 0.6) is 0 Å². The van der Waals surface area contributed by atoms with Crippen LogP contribution in [0.2, 0.25) is 0 Å². The number of nitrogens with one attached hydrogen (secondary N) is 2. The van der Waals surface area contributed by atoms with Crippen LogP contribution in [0.4, 0.5) is 13.2 Å². The molecule has 0 amide bonds. The van der Waals surface area contributed by atoms with Crippen molar-refractivity contribution >= 4 is 0 Å². The van der Waals surface area contributed by atoms with Gasteiger partial charge < -0.3 is 15.8 Å². The highest BCUT2D eigenvalue weighted by Crippen LogP contribution is 2.71. The molecule has 1 spiro atoms.